The predicted octanol–water partition coefficient (Wildman–Crippen LogP) is 4.62. The molecular weight excluding hydrogens is 341 g/mol. The van der Waals surface area contributed by atoms with Gasteiger partial charge in [0.05, 0.1) is 19.6 Å². The van der Waals surface area contributed by atoms with Gasteiger partial charge in [0.1, 0.15) is 11.6 Å². The molecule has 3 rings (SSSR count). The van der Waals surface area contributed by atoms with Crippen LogP contribution in [0.1, 0.15) is 22.7 Å². The van der Waals surface area contributed by atoms with Gasteiger partial charge in [-0.1, -0.05) is 54.6 Å². The van der Waals surface area contributed by atoms with E-state index in [9.17, 15) is 9.18 Å². The highest BCUT2D eigenvalue weighted by molar-refractivity contribution is 5.79. The molecule has 0 saturated heterocycles. The standard InChI is InChI=1S/C23H22FNO2/c1-25(22(26)16-17-8-14-21(27-2)15-9-17)23(18-6-4-3-5-7-18)19-10-12-20(24)13-11-19/h3-15,23H,16H2,1-2H3. The van der Waals surface area contributed by atoms with Crippen LogP contribution in [0, 0.1) is 5.82 Å². The molecule has 0 aromatic heterocycles. The first-order chi connectivity index (χ1) is 13.1. The Morgan fingerprint density at radius 3 is 2.11 bits per heavy atom. The summed E-state index contributed by atoms with van der Waals surface area (Å²) in [7, 11) is 3.40. The number of benzene rings is 3. The van der Waals surface area contributed by atoms with Crippen molar-refractivity contribution >= 4 is 5.91 Å². The Morgan fingerprint density at radius 2 is 1.52 bits per heavy atom. The molecule has 0 fully saturated rings. The summed E-state index contributed by atoms with van der Waals surface area (Å²) in [4.78, 5) is 14.7. The Morgan fingerprint density at radius 1 is 0.926 bits per heavy atom. The van der Waals surface area contributed by atoms with Crippen LogP contribution in [-0.4, -0.2) is 25.0 Å². The van der Waals surface area contributed by atoms with Crippen LogP contribution < -0.4 is 4.74 Å². The minimum Gasteiger partial charge on any atom is -0.497 e. The summed E-state index contributed by atoms with van der Waals surface area (Å²) in [6.07, 6.45) is 0.283. The molecule has 0 spiro atoms. The molecule has 1 atom stereocenters. The molecule has 0 aliphatic rings. The molecule has 0 aliphatic carbocycles. The number of amides is 1. The quantitative estimate of drug-likeness (QED) is 0.639. The largest absolute Gasteiger partial charge is 0.497 e. The van der Waals surface area contributed by atoms with Gasteiger partial charge in [-0.3, -0.25) is 4.79 Å². The third-order valence-corrected chi connectivity index (χ3v) is 4.60. The number of hydrogen-bond donors (Lipinski definition) is 0. The number of nitrogens with zero attached hydrogens (tertiary/aromatic N) is 1. The van der Waals surface area contributed by atoms with Crippen LogP contribution in [0.2, 0.25) is 0 Å². The van der Waals surface area contributed by atoms with Crippen LogP contribution in [-0.2, 0) is 11.2 Å². The minimum atomic E-state index is -0.294. The molecule has 0 heterocycles. The van der Waals surface area contributed by atoms with Gasteiger partial charge in [0.2, 0.25) is 5.91 Å². The topological polar surface area (TPSA) is 29.5 Å². The predicted molar refractivity (Wildman–Crippen MR) is 104 cm³/mol. The van der Waals surface area contributed by atoms with Gasteiger partial charge >= 0.3 is 0 Å². The van der Waals surface area contributed by atoms with Gasteiger partial charge in [-0.15, -0.1) is 0 Å². The van der Waals surface area contributed by atoms with E-state index in [1.165, 1.54) is 12.1 Å². The van der Waals surface area contributed by atoms with Crippen LogP contribution >= 0.6 is 0 Å². The van der Waals surface area contributed by atoms with Gasteiger partial charge in [-0.05, 0) is 41.0 Å². The molecule has 138 valence electrons. The van der Waals surface area contributed by atoms with Crippen LogP contribution in [0.5, 0.6) is 5.75 Å². The summed E-state index contributed by atoms with van der Waals surface area (Å²) < 4.78 is 18.5. The highest BCUT2D eigenvalue weighted by Gasteiger charge is 2.23. The van der Waals surface area contributed by atoms with E-state index in [2.05, 4.69) is 0 Å². The van der Waals surface area contributed by atoms with E-state index in [0.29, 0.717) is 0 Å². The maximum absolute atomic E-state index is 13.4. The minimum absolute atomic E-state index is 0.0154. The van der Waals surface area contributed by atoms with Crippen molar-refractivity contribution in [1.82, 2.24) is 4.90 Å². The smallest absolute Gasteiger partial charge is 0.227 e. The normalized spacial score (nSPS) is 11.7. The molecule has 3 aromatic rings. The van der Waals surface area contributed by atoms with Crippen LogP contribution in [0.3, 0.4) is 0 Å². The van der Waals surface area contributed by atoms with Crippen molar-refractivity contribution in [3.05, 3.63) is 101 Å². The highest BCUT2D eigenvalue weighted by Crippen LogP contribution is 2.28. The molecule has 3 nitrogen and oxygen atoms in total. The molecule has 0 N–H and O–H groups in total. The first-order valence-corrected chi connectivity index (χ1v) is 8.77. The SMILES string of the molecule is COc1ccc(CC(=O)N(C)C(c2ccccc2)c2ccc(F)cc2)cc1. The van der Waals surface area contributed by atoms with Gasteiger partial charge in [0.25, 0.3) is 0 Å². The zero-order valence-electron chi connectivity index (χ0n) is 15.4. The fourth-order valence-corrected chi connectivity index (χ4v) is 3.11. The van der Waals surface area contributed by atoms with Crippen LogP contribution in [0.25, 0.3) is 0 Å². The average Bonchev–Trinajstić information content (AvgIpc) is 2.71. The first kappa shape index (κ1) is 18.6. The summed E-state index contributed by atoms with van der Waals surface area (Å²) in [6, 6.07) is 23.3. The number of carbonyl (C=O) groups is 1. The van der Waals surface area contributed by atoms with E-state index in [-0.39, 0.29) is 24.2 Å². The van der Waals surface area contributed by atoms with Gasteiger partial charge in [-0.25, -0.2) is 4.39 Å². The molecule has 4 heteroatoms. The molecule has 1 amide bonds. The number of ether oxygens (including phenoxy) is 1. The molecule has 0 aliphatic heterocycles. The number of carbonyl (C=O) groups excluding carboxylic acids is 1. The fraction of sp³-hybridized carbons (Fsp3) is 0.174. The van der Waals surface area contributed by atoms with Crippen molar-refractivity contribution in [3.8, 4) is 5.75 Å². The zero-order chi connectivity index (χ0) is 19.2. The Labute approximate surface area is 159 Å². The molecule has 0 bridgehead atoms. The van der Waals surface area contributed by atoms with Crippen molar-refractivity contribution in [2.75, 3.05) is 14.2 Å². The lowest BCUT2D eigenvalue weighted by Crippen LogP contribution is -2.33. The maximum Gasteiger partial charge on any atom is 0.227 e. The lowest BCUT2D eigenvalue weighted by atomic mass is 9.96. The van der Waals surface area contributed by atoms with Crippen LogP contribution in [0.15, 0.2) is 78.9 Å². The summed E-state index contributed by atoms with van der Waals surface area (Å²) in [6.45, 7) is 0. The number of methoxy groups -OCH3 is 1. The Balaban J connectivity index is 1.86. The van der Waals surface area contributed by atoms with Gasteiger partial charge in [-0.2, -0.15) is 0 Å². The van der Waals surface area contributed by atoms with Gasteiger partial charge in [0, 0.05) is 7.05 Å². The molecule has 1 unspecified atom stereocenters. The number of halogens is 1. The second kappa shape index (κ2) is 8.49. The van der Waals surface area contributed by atoms with E-state index in [1.54, 1.807) is 31.2 Å². The number of rotatable bonds is 6. The van der Waals surface area contributed by atoms with Crippen LogP contribution in [0.4, 0.5) is 4.39 Å². The van der Waals surface area contributed by atoms with Crippen molar-refractivity contribution in [2.24, 2.45) is 0 Å². The molecule has 0 radical (unpaired) electrons. The number of likely N-dealkylation sites (N-methyl/N-ethyl adjacent to an activating group) is 1. The first-order valence-electron chi connectivity index (χ1n) is 8.77. The summed E-state index contributed by atoms with van der Waals surface area (Å²) in [5.41, 5.74) is 2.77. The van der Waals surface area contributed by atoms with E-state index in [0.717, 1.165) is 22.4 Å². The third-order valence-electron chi connectivity index (χ3n) is 4.60. The molecule has 27 heavy (non-hydrogen) atoms. The lowest BCUT2D eigenvalue weighted by molar-refractivity contribution is -0.130. The lowest BCUT2D eigenvalue weighted by Gasteiger charge is -2.29. The Kier molecular flexibility index (Phi) is 5.87. The summed E-state index contributed by atoms with van der Waals surface area (Å²) in [5, 5.41) is 0. The fourth-order valence-electron chi connectivity index (χ4n) is 3.11. The highest BCUT2D eigenvalue weighted by atomic mass is 19.1. The Hall–Kier alpha value is -3.14. The van der Waals surface area contributed by atoms with Crippen molar-refractivity contribution in [2.45, 2.75) is 12.5 Å². The summed E-state index contributed by atoms with van der Waals surface area (Å²) >= 11 is 0. The molecular formula is C23H22FNO2. The average molecular weight is 363 g/mol. The van der Waals surface area contributed by atoms with Gasteiger partial charge < -0.3 is 9.64 Å². The number of hydrogen-bond acceptors (Lipinski definition) is 2. The Bertz CT molecular complexity index is 877. The monoisotopic (exact) mass is 363 g/mol. The molecule has 0 saturated carbocycles. The van der Waals surface area contributed by atoms with Crippen molar-refractivity contribution < 1.29 is 13.9 Å². The molecule has 3 aromatic carbocycles. The summed E-state index contributed by atoms with van der Waals surface area (Å²) in [5.74, 6) is 0.448. The van der Waals surface area contributed by atoms with E-state index >= 15 is 0 Å². The van der Waals surface area contributed by atoms with E-state index in [4.69, 9.17) is 4.74 Å². The van der Waals surface area contributed by atoms with Crippen molar-refractivity contribution in [3.63, 3.8) is 0 Å². The zero-order valence-corrected chi connectivity index (χ0v) is 15.4. The second-order valence-corrected chi connectivity index (χ2v) is 6.39. The maximum atomic E-state index is 13.4. The van der Waals surface area contributed by atoms with E-state index in [1.807, 2.05) is 54.6 Å². The van der Waals surface area contributed by atoms with Gasteiger partial charge in [0.15, 0.2) is 0 Å². The third kappa shape index (κ3) is 4.53. The van der Waals surface area contributed by atoms with Crippen molar-refractivity contribution in [1.29, 1.82) is 0 Å². The second-order valence-electron chi connectivity index (χ2n) is 6.39. The van der Waals surface area contributed by atoms with E-state index < -0.39 is 0 Å².